The SMILES string of the molecule is COC(=O)C12CC3CC(C1)C(=O)[C@H](C3)C2. The fraction of sp³-hybridized carbons (Fsp3) is 0.833. The minimum atomic E-state index is -0.293. The van der Waals surface area contributed by atoms with Crippen molar-refractivity contribution in [2.75, 3.05) is 7.11 Å². The summed E-state index contributed by atoms with van der Waals surface area (Å²) in [6.07, 6.45) is 4.51. The smallest absolute Gasteiger partial charge is 0.311 e. The van der Waals surface area contributed by atoms with Crippen LogP contribution in [-0.4, -0.2) is 18.9 Å². The van der Waals surface area contributed by atoms with Crippen LogP contribution < -0.4 is 0 Å². The molecule has 4 saturated carbocycles. The van der Waals surface area contributed by atoms with E-state index in [2.05, 4.69) is 0 Å². The van der Waals surface area contributed by atoms with E-state index in [1.54, 1.807) is 0 Å². The Morgan fingerprint density at radius 1 is 1.27 bits per heavy atom. The molecular weight excluding hydrogens is 192 g/mol. The molecule has 0 saturated heterocycles. The number of carbonyl (C=O) groups excluding carboxylic acids is 2. The Morgan fingerprint density at radius 2 is 1.87 bits per heavy atom. The van der Waals surface area contributed by atoms with E-state index in [0.29, 0.717) is 11.7 Å². The number of ketones is 1. The number of carbonyl (C=O) groups is 2. The summed E-state index contributed by atoms with van der Waals surface area (Å²) in [6.45, 7) is 0. The van der Waals surface area contributed by atoms with Crippen LogP contribution in [0.15, 0.2) is 0 Å². The van der Waals surface area contributed by atoms with Gasteiger partial charge in [-0.2, -0.15) is 0 Å². The molecule has 82 valence electrons. The maximum atomic E-state index is 11.9. The second kappa shape index (κ2) is 2.83. The van der Waals surface area contributed by atoms with Crippen LogP contribution in [0.2, 0.25) is 0 Å². The summed E-state index contributed by atoms with van der Waals surface area (Å²) in [5.74, 6) is 1.27. The van der Waals surface area contributed by atoms with Gasteiger partial charge in [-0.3, -0.25) is 9.59 Å². The molecule has 0 spiro atoms. The van der Waals surface area contributed by atoms with E-state index in [-0.39, 0.29) is 23.2 Å². The van der Waals surface area contributed by atoms with Gasteiger partial charge in [-0.25, -0.2) is 0 Å². The molecule has 0 amide bonds. The molecule has 0 N–H and O–H groups in total. The third kappa shape index (κ3) is 1.12. The quantitative estimate of drug-likeness (QED) is 0.614. The van der Waals surface area contributed by atoms with Crippen LogP contribution in [-0.2, 0) is 14.3 Å². The maximum absolute atomic E-state index is 11.9. The first-order valence-corrected chi connectivity index (χ1v) is 5.77. The standard InChI is InChI=1S/C12H16O3/c1-15-11(14)12-4-7-2-8(5-12)10(13)9(3-7)6-12/h7-9H,2-6H2,1H3/t7?,8-,9?,12?/m1/s1. The second-order valence-corrected chi connectivity index (χ2v) is 5.52. The maximum Gasteiger partial charge on any atom is 0.311 e. The first-order valence-electron chi connectivity index (χ1n) is 5.77. The van der Waals surface area contributed by atoms with Crippen molar-refractivity contribution in [2.45, 2.75) is 32.1 Å². The summed E-state index contributed by atoms with van der Waals surface area (Å²) in [4.78, 5) is 23.7. The van der Waals surface area contributed by atoms with Gasteiger partial charge in [0.15, 0.2) is 0 Å². The predicted molar refractivity (Wildman–Crippen MR) is 53.0 cm³/mol. The zero-order valence-corrected chi connectivity index (χ0v) is 8.99. The van der Waals surface area contributed by atoms with Crippen molar-refractivity contribution in [3.63, 3.8) is 0 Å². The van der Waals surface area contributed by atoms with Crippen LogP contribution >= 0.6 is 0 Å². The predicted octanol–water partition coefficient (Wildman–Crippen LogP) is 1.55. The van der Waals surface area contributed by atoms with Gasteiger partial charge in [0.25, 0.3) is 0 Å². The summed E-state index contributed by atoms with van der Waals surface area (Å²) in [5.41, 5.74) is -0.293. The van der Waals surface area contributed by atoms with Crippen LogP contribution in [0.25, 0.3) is 0 Å². The summed E-state index contributed by atoms with van der Waals surface area (Å²) in [6, 6.07) is 0. The first kappa shape index (κ1) is 9.37. The molecule has 4 aliphatic rings. The van der Waals surface area contributed by atoms with Gasteiger partial charge in [-0.15, -0.1) is 0 Å². The summed E-state index contributed by atoms with van der Waals surface area (Å²) in [7, 11) is 1.46. The number of hydrogen-bond donors (Lipinski definition) is 0. The van der Waals surface area contributed by atoms with Gasteiger partial charge in [-0.1, -0.05) is 0 Å². The lowest BCUT2D eigenvalue weighted by molar-refractivity contribution is -0.172. The number of rotatable bonds is 1. The number of methoxy groups -OCH3 is 1. The van der Waals surface area contributed by atoms with Crippen LogP contribution in [0.4, 0.5) is 0 Å². The monoisotopic (exact) mass is 208 g/mol. The Kier molecular flexibility index (Phi) is 1.77. The Balaban J connectivity index is 1.95. The van der Waals surface area contributed by atoms with Gasteiger partial charge in [-0.05, 0) is 38.0 Å². The Labute approximate surface area is 89.2 Å². The summed E-state index contributed by atoms with van der Waals surface area (Å²) < 4.78 is 4.92. The normalized spacial score (nSPS) is 47.0. The van der Waals surface area contributed by atoms with Gasteiger partial charge >= 0.3 is 5.97 Å². The third-order valence-corrected chi connectivity index (χ3v) is 4.61. The average molecular weight is 208 g/mol. The summed E-state index contributed by atoms with van der Waals surface area (Å²) >= 11 is 0. The zero-order chi connectivity index (χ0) is 10.6. The van der Waals surface area contributed by atoms with Crippen LogP contribution in [0.5, 0.6) is 0 Å². The van der Waals surface area contributed by atoms with Crippen LogP contribution in [0.3, 0.4) is 0 Å². The van der Waals surface area contributed by atoms with Crippen molar-refractivity contribution in [2.24, 2.45) is 23.2 Å². The molecule has 4 fully saturated rings. The van der Waals surface area contributed by atoms with E-state index in [4.69, 9.17) is 4.74 Å². The van der Waals surface area contributed by atoms with Crippen molar-refractivity contribution in [3.05, 3.63) is 0 Å². The van der Waals surface area contributed by atoms with Gasteiger partial charge in [0.05, 0.1) is 12.5 Å². The zero-order valence-electron chi connectivity index (χ0n) is 8.99. The molecule has 0 radical (unpaired) electrons. The van der Waals surface area contributed by atoms with Gasteiger partial charge in [0, 0.05) is 11.8 Å². The molecule has 4 bridgehead atoms. The Morgan fingerprint density at radius 3 is 2.40 bits per heavy atom. The van der Waals surface area contributed by atoms with E-state index >= 15 is 0 Å². The van der Waals surface area contributed by atoms with E-state index < -0.39 is 0 Å². The lowest BCUT2D eigenvalue weighted by atomic mass is 9.49. The highest BCUT2D eigenvalue weighted by atomic mass is 16.5. The highest BCUT2D eigenvalue weighted by Gasteiger charge is 2.58. The molecule has 4 atom stereocenters. The molecule has 0 aromatic rings. The van der Waals surface area contributed by atoms with Crippen molar-refractivity contribution in [1.82, 2.24) is 0 Å². The highest BCUT2D eigenvalue weighted by molar-refractivity contribution is 5.89. The van der Waals surface area contributed by atoms with Gasteiger partial charge < -0.3 is 4.74 Å². The van der Waals surface area contributed by atoms with Crippen molar-refractivity contribution < 1.29 is 14.3 Å². The molecule has 4 aliphatic carbocycles. The minimum Gasteiger partial charge on any atom is -0.469 e. The van der Waals surface area contributed by atoms with Crippen molar-refractivity contribution >= 4 is 11.8 Å². The van der Waals surface area contributed by atoms with Crippen molar-refractivity contribution in [1.29, 1.82) is 0 Å². The van der Waals surface area contributed by atoms with Gasteiger partial charge in [0.1, 0.15) is 5.78 Å². The molecule has 0 aromatic carbocycles. The molecule has 3 heteroatoms. The fourth-order valence-electron chi connectivity index (χ4n) is 4.21. The Hall–Kier alpha value is -0.860. The van der Waals surface area contributed by atoms with E-state index in [9.17, 15) is 9.59 Å². The fourth-order valence-corrected chi connectivity index (χ4v) is 4.21. The van der Waals surface area contributed by atoms with Crippen LogP contribution in [0, 0.1) is 23.2 Å². The van der Waals surface area contributed by atoms with Crippen molar-refractivity contribution in [3.8, 4) is 0 Å². The lowest BCUT2D eigenvalue weighted by Crippen LogP contribution is -2.54. The van der Waals surface area contributed by atoms with E-state index in [1.165, 1.54) is 7.11 Å². The number of ether oxygens (including phenoxy) is 1. The number of Topliss-reactive ketones (excluding diaryl/α,β-unsaturated/α-hetero) is 1. The van der Waals surface area contributed by atoms with E-state index in [0.717, 1.165) is 32.1 Å². The second-order valence-electron chi connectivity index (χ2n) is 5.52. The first-order chi connectivity index (χ1) is 7.14. The molecule has 3 unspecified atom stereocenters. The minimum absolute atomic E-state index is 0.0746. The third-order valence-electron chi connectivity index (χ3n) is 4.61. The topological polar surface area (TPSA) is 43.4 Å². The molecule has 4 rings (SSSR count). The van der Waals surface area contributed by atoms with Gasteiger partial charge in [0.2, 0.25) is 0 Å². The Bertz CT molecular complexity index is 316. The van der Waals surface area contributed by atoms with Crippen LogP contribution in [0.1, 0.15) is 32.1 Å². The molecule has 0 heterocycles. The number of hydrogen-bond acceptors (Lipinski definition) is 3. The molecule has 15 heavy (non-hydrogen) atoms. The lowest BCUT2D eigenvalue weighted by Gasteiger charge is -2.53. The number of esters is 1. The summed E-state index contributed by atoms with van der Waals surface area (Å²) in [5, 5.41) is 0. The highest BCUT2D eigenvalue weighted by Crippen LogP contribution is 2.58. The molecule has 3 nitrogen and oxygen atoms in total. The average Bonchev–Trinajstić information content (AvgIpc) is 2.23. The largest absolute Gasteiger partial charge is 0.469 e. The molecular formula is C12H16O3. The van der Waals surface area contributed by atoms with E-state index in [1.807, 2.05) is 0 Å². The molecule has 0 aliphatic heterocycles. The molecule has 0 aromatic heterocycles.